The van der Waals surface area contributed by atoms with Crippen molar-refractivity contribution in [2.45, 2.75) is 24.9 Å². The van der Waals surface area contributed by atoms with Crippen LogP contribution in [0.15, 0.2) is 54.6 Å². The maximum absolute atomic E-state index is 13.6. The highest BCUT2D eigenvalue weighted by Crippen LogP contribution is 2.30. The zero-order valence-corrected chi connectivity index (χ0v) is 15.4. The van der Waals surface area contributed by atoms with E-state index in [4.69, 9.17) is 0 Å². The number of likely N-dealkylation sites (tertiary alicyclic amines) is 1. The number of anilines is 1. The molecule has 26 heavy (non-hydrogen) atoms. The molecular weight excluding hydrogens is 329 g/mol. The average Bonchev–Trinajstić information content (AvgIpc) is 2.64. The SMILES string of the molecule is CN(C)C(=O)C1(Nc2cccc(F)c2)CCN(Cc2ccccc2)CC1. The van der Waals surface area contributed by atoms with Crippen molar-refractivity contribution >= 4 is 11.6 Å². The molecule has 3 rings (SSSR count). The fourth-order valence-electron chi connectivity index (χ4n) is 3.60. The van der Waals surface area contributed by atoms with E-state index in [-0.39, 0.29) is 11.7 Å². The summed E-state index contributed by atoms with van der Waals surface area (Å²) in [5.41, 5.74) is 1.23. The molecule has 0 unspecified atom stereocenters. The normalized spacial score (nSPS) is 16.9. The zero-order chi connectivity index (χ0) is 18.6. The summed E-state index contributed by atoms with van der Waals surface area (Å²) in [6.07, 6.45) is 1.38. The molecule has 5 heteroatoms. The first-order valence-electron chi connectivity index (χ1n) is 9.00. The van der Waals surface area contributed by atoms with Gasteiger partial charge in [0, 0.05) is 39.4 Å². The first-order chi connectivity index (χ1) is 12.5. The second-order valence-corrected chi connectivity index (χ2v) is 7.18. The Morgan fingerprint density at radius 3 is 2.42 bits per heavy atom. The number of carbonyl (C=O) groups is 1. The Balaban J connectivity index is 1.73. The van der Waals surface area contributed by atoms with Crippen molar-refractivity contribution in [2.75, 3.05) is 32.5 Å². The second-order valence-electron chi connectivity index (χ2n) is 7.18. The number of halogens is 1. The highest BCUT2D eigenvalue weighted by atomic mass is 19.1. The average molecular weight is 355 g/mol. The summed E-state index contributed by atoms with van der Waals surface area (Å²) in [7, 11) is 3.54. The summed E-state index contributed by atoms with van der Waals surface area (Å²) in [4.78, 5) is 16.9. The highest BCUT2D eigenvalue weighted by molar-refractivity contribution is 5.89. The van der Waals surface area contributed by atoms with Crippen molar-refractivity contribution < 1.29 is 9.18 Å². The molecule has 1 aliphatic heterocycles. The van der Waals surface area contributed by atoms with Crippen molar-refractivity contribution in [3.05, 3.63) is 66.0 Å². The summed E-state index contributed by atoms with van der Waals surface area (Å²) in [5.74, 6) is -0.259. The predicted molar refractivity (Wildman–Crippen MR) is 102 cm³/mol. The molecule has 4 nitrogen and oxygen atoms in total. The molecule has 0 atom stereocenters. The van der Waals surface area contributed by atoms with Gasteiger partial charge >= 0.3 is 0 Å². The van der Waals surface area contributed by atoms with E-state index in [1.807, 2.05) is 24.3 Å². The third-order valence-electron chi connectivity index (χ3n) is 4.98. The molecular formula is C21H26FN3O. The molecule has 2 aromatic carbocycles. The van der Waals surface area contributed by atoms with Crippen LogP contribution in [0.5, 0.6) is 0 Å². The van der Waals surface area contributed by atoms with Crippen molar-refractivity contribution in [2.24, 2.45) is 0 Å². The molecule has 0 saturated carbocycles. The minimum absolute atomic E-state index is 0.0427. The van der Waals surface area contributed by atoms with Gasteiger partial charge in [-0.1, -0.05) is 36.4 Å². The molecule has 0 radical (unpaired) electrons. The van der Waals surface area contributed by atoms with Crippen LogP contribution in [0.4, 0.5) is 10.1 Å². The van der Waals surface area contributed by atoms with Crippen LogP contribution in [0.1, 0.15) is 18.4 Å². The molecule has 1 heterocycles. The van der Waals surface area contributed by atoms with Crippen LogP contribution in [-0.2, 0) is 11.3 Å². The molecule has 0 spiro atoms. The van der Waals surface area contributed by atoms with Crippen molar-refractivity contribution in [3.8, 4) is 0 Å². The Bertz CT molecular complexity index is 740. The predicted octanol–water partition coefficient (Wildman–Crippen LogP) is 3.36. The number of nitrogens with zero attached hydrogens (tertiary/aromatic N) is 2. The van der Waals surface area contributed by atoms with Gasteiger partial charge in [0.2, 0.25) is 5.91 Å². The van der Waals surface area contributed by atoms with E-state index in [1.54, 1.807) is 25.1 Å². The lowest BCUT2D eigenvalue weighted by molar-refractivity contribution is -0.135. The summed E-state index contributed by atoms with van der Waals surface area (Å²) in [6.45, 7) is 2.51. The van der Waals surface area contributed by atoms with Crippen LogP contribution >= 0.6 is 0 Å². The minimum Gasteiger partial charge on any atom is -0.371 e. The molecule has 0 aromatic heterocycles. The van der Waals surface area contributed by atoms with Gasteiger partial charge in [0.1, 0.15) is 11.4 Å². The third-order valence-corrected chi connectivity index (χ3v) is 4.98. The standard InChI is InChI=1S/C21H26FN3O/c1-24(2)20(26)21(23-19-10-6-9-18(22)15-19)11-13-25(14-12-21)16-17-7-4-3-5-8-17/h3-10,15,23H,11-14,16H2,1-2H3. The Labute approximate surface area is 154 Å². The van der Waals surface area contributed by atoms with Gasteiger partial charge in [0.05, 0.1) is 0 Å². The van der Waals surface area contributed by atoms with Gasteiger partial charge in [0.25, 0.3) is 0 Å². The Morgan fingerprint density at radius 1 is 1.12 bits per heavy atom. The largest absolute Gasteiger partial charge is 0.371 e. The van der Waals surface area contributed by atoms with E-state index in [9.17, 15) is 9.18 Å². The van der Waals surface area contributed by atoms with Crippen LogP contribution in [0.3, 0.4) is 0 Å². The molecule has 0 bridgehead atoms. The Hall–Kier alpha value is -2.40. The van der Waals surface area contributed by atoms with E-state index in [2.05, 4.69) is 22.3 Å². The van der Waals surface area contributed by atoms with E-state index in [0.29, 0.717) is 18.5 Å². The summed E-state index contributed by atoms with van der Waals surface area (Å²) < 4.78 is 13.6. The number of carbonyl (C=O) groups excluding carboxylic acids is 1. The van der Waals surface area contributed by atoms with Crippen molar-refractivity contribution in [3.63, 3.8) is 0 Å². The fraction of sp³-hybridized carbons (Fsp3) is 0.381. The van der Waals surface area contributed by atoms with Gasteiger partial charge in [-0.05, 0) is 36.6 Å². The highest BCUT2D eigenvalue weighted by Gasteiger charge is 2.42. The van der Waals surface area contributed by atoms with Gasteiger partial charge in [-0.15, -0.1) is 0 Å². The number of likely N-dealkylation sites (N-methyl/N-ethyl adjacent to an activating group) is 1. The quantitative estimate of drug-likeness (QED) is 0.893. The molecule has 2 aromatic rings. The van der Waals surface area contributed by atoms with E-state index < -0.39 is 5.54 Å². The number of nitrogens with one attached hydrogen (secondary N) is 1. The first kappa shape index (κ1) is 18.4. The topological polar surface area (TPSA) is 35.6 Å². The summed E-state index contributed by atoms with van der Waals surface area (Å²) in [5, 5.41) is 3.34. The zero-order valence-electron chi connectivity index (χ0n) is 15.4. The Kier molecular flexibility index (Phi) is 5.57. The number of piperidine rings is 1. The molecule has 1 N–H and O–H groups in total. The lowest BCUT2D eigenvalue weighted by Gasteiger charge is -2.43. The van der Waals surface area contributed by atoms with Gasteiger partial charge in [-0.25, -0.2) is 4.39 Å². The van der Waals surface area contributed by atoms with Crippen LogP contribution in [0.25, 0.3) is 0 Å². The first-order valence-corrected chi connectivity index (χ1v) is 9.00. The van der Waals surface area contributed by atoms with E-state index in [1.165, 1.54) is 17.7 Å². The molecule has 1 fully saturated rings. The molecule has 1 amide bonds. The second kappa shape index (κ2) is 7.87. The maximum Gasteiger partial charge on any atom is 0.247 e. The third kappa shape index (κ3) is 4.22. The number of benzene rings is 2. The lowest BCUT2D eigenvalue weighted by atomic mass is 9.85. The number of rotatable bonds is 5. The summed E-state index contributed by atoms with van der Waals surface area (Å²) in [6, 6.07) is 16.7. The van der Waals surface area contributed by atoms with Crippen LogP contribution in [0.2, 0.25) is 0 Å². The van der Waals surface area contributed by atoms with Crippen LogP contribution in [-0.4, -0.2) is 48.4 Å². The number of hydrogen-bond donors (Lipinski definition) is 1. The Morgan fingerprint density at radius 2 is 1.81 bits per heavy atom. The minimum atomic E-state index is -0.690. The molecule has 138 valence electrons. The van der Waals surface area contributed by atoms with E-state index in [0.717, 1.165) is 19.6 Å². The molecule has 1 aliphatic rings. The van der Waals surface area contributed by atoms with Crippen LogP contribution < -0.4 is 5.32 Å². The molecule has 0 aliphatic carbocycles. The lowest BCUT2D eigenvalue weighted by Crippen LogP contribution is -2.57. The fourth-order valence-corrected chi connectivity index (χ4v) is 3.60. The van der Waals surface area contributed by atoms with Crippen molar-refractivity contribution in [1.82, 2.24) is 9.80 Å². The van der Waals surface area contributed by atoms with Gasteiger partial charge in [-0.3, -0.25) is 9.69 Å². The van der Waals surface area contributed by atoms with Gasteiger partial charge < -0.3 is 10.2 Å². The number of amides is 1. The monoisotopic (exact) mass is 355 g/mol. The van der Waals surface area contributed by atoms with Crippen LogP contribution in [0, 0.1) is 5.82 Å². The summed E-state index contributed by atoms with van der Waals surface area (Å²) >= 11 is 0. The maximum atomic E-state index is 13.6. The van der Waals surface area contributed by atoms with Gasteiger partial charge in [-0.2, -0.15) is 0 Å². The number of hydrogen-bond acceptors (Lipinski definition) is 3. The molecule has 1 saturated heterocycles. The van der Waals surface area contributed by atoms with Gasteiger partial charge in [0.15, 0.2) is 0 Å². The van der Waals surface area contributed by atoms with E-state index >= 15 is 0 Å². The van der Waals surface area contributed by atoms with Crippen molar-refractivity contribution in [1.29, 1.82) is 0 Å². The smallest absolute Gasteiger partial charge is 0.247 e.